The molecular formula is C16H14N2O3S. The molecule has 0 saturated heterocycles. The molecule has 2 aromatic carbocycles. The molecule has 22 heavy (non-hydrogen) atoms. The summed E-state index contributed by atoms with van der Waals surface area (Å²) < 4.78 is 23.0. The number of rotatable bonds is 2. The third-order valence-corrected chi connectivity index (χ3v) is 4.50. The molecule has 0 aliphatic carbocycles. The summed E-state index contributed by atoms with van der Waals surface area (Å²) in [4.78, 5) is 12.1. The normalized spacial score (nSPS) is 15.7. The molecule has 3 N–H and O–H groups in total. The number of primary sulfonamides is 1. The van der Waals surface area contributed by atoms with Crippen molar-refractivity contribution in [2.24, 2.45) is 5.14 Å². The van der Waals surface area contributed by atoms with Crippen molar-refractivity contribution in [3.05, 3.63) is 59.2 Å². The van der Waals surface area contributed by atoms with E-state index in [9.17, 15) is 13.2 Å². The minimum absolute atomic E-state index is 0.0153. The maximum absolute atomic E-state index is 12.1. The van der Waals surface area contributed by atoms with Crippen LogP contribution in [0, 0.1) is 6.92 Å². The maximum Gasteiger partial charge on any atom is 0.256 e. The summed E-state index contributed by atoms with van der Waals surface area (Å²) in [6, 6.07) is 12.0. The monoisotopic (exact) mass is 314 g/mol. The number of amides is 1. The average molecular weight is 314 g/mol. The molecule has 0 atom stereocenters. The molecule has 2 aromatic rings. The Kier molecular flexibility index (Phi) is 3.35. The van der Waals surface area contributed by atoms with Gasteiger partial charge in [-0.2, -0.15) is 0 Å². The Balaban J connectivity index is 2.17. The molecular weight excluding hydrogens is 300 g/mol. The molecule has 112 valence electrons. The van der Waals surface area contributed by atoms with Gasteiger partial charge in [0.15, 0.2) is 0 Å². The fourth-order valence-electron chi connectivity index (χ4n) is 2.39. The van der Waals surface area contributed by atoms with Crippen molar-refractivity contribution < 1.29 is 13.2 Å². The van der Waals surface area contributed by atoms with Crippen LogP contribution in [0.4, 0.5) is 5.69 Å². The number of nitrogens with one attached hydrogen (secondary N) is 1. The van der Waals surface area contributed by atoms with Crippen molar-refractivity contribution in [1.82, 2.24) is 0 Å². The summed E-state index contributed by atoms with van der Waals surface area (Å²) in [6.07, 6.45) is 1.75. The van der Waals surface area contributed by atoms with E-state index in [0.717, 1.165) is 11.1 Å². The molecule has 1 aliphatic heterocycles. The minimum Gasteiger partial charge on any atom is -0.321 e. The predicted octanol–water partition coefficient (Wildman–Crippen LogP) is 2.14. The van der Waals surface area contributed by atoms with Crippen LogP contribution in [0.25, 0.3) is 11.6 Å². The highest BCUT2D eigenvalue weighted by atomic mass is 32.2. The summed E-state index contributed by atoms with van der Waals surface area (Å²) in [5.74, 6) is -0.259. The summed E-state index contributed by atoms with van der Waals surface area (Å²) in [5, 5.41) is 7.88. The van der Waals surface area contributed by atoms with Gasteiger partial charge in [0.05, 0.1) is 4.90 Å². The molecule has 0 radical (unpaired) electrons. The second-order valence-electron chi connectivity index (χ2n) is 5.12. The molecule has 0 fully saturated rings. The van der Waals surface area contributed by atoms with Gasteiger partial charge in [-0.1, -0.05) is 24.3 Å². The number of carbonyl (C=O) groups excluding carboxylic acids is 1. The SMILES string of the molecule is Cc1ccccc1C=C1C(=O)Nc2ccc(S(N)(=O)=O)cc21. The second-order valence-corrected chi connectivity index (χ2v) is 6.68. The van der Waals surface area contributed by atoms with Crippen LogP contribution in [0.3, 0.4) is 0 Å². The molecule has 5 nitrogen and oxygen atoms in total. The van der Waals surface area contributed by atoms with Crippen molar-refractivity contribution in [2.45, 2.75) is 11.8 Å². The highest BCUT2D eigenvalue weighted by Crippen LogP contribution is 2.34. The smallest absolute Gasteiger partial charge is 0.256 e. The van der Waals surface area contributed by atoms with E-state index < -0.39 is 10.0 Å². The van der Waals surface area contributed by atoms with Gasteiger partial charge < -0.3 is 5.32 Å². The fraction of sp³-hybridized carbons (Fsp3) is 0.0625. The summed E-state index contributed by atoms with van der Waals surface area (Å²) in [5.41, 5.74) is 3.48. The Labute approximate surface area is 128 Å². The molecule has 1 aliphatic rings. The lowest BCUT2D eigenvalue weighted by Gasteiger charge is -2.04. The number of nitrogens with two attached hydrogens (primary N) is 1. The summed E-state index contributed by atoms with van der Waals surface area (Å²) in [6.45, 7) is 1.95. The van der Waals surface area contributed by atoms with Crippen LogP contribution in [0.2, 0.25) is 0 Å². The van der Waals surface area contributed by atoms with Crippen molar-refractivity contribution in [1.29, 1.82) is 0 Å². The number of sulfonamides is 1. The first kappa shape index (κ1) is 14.5. The van der Waals surface area contributed by atoms with E-state index in [4.69, 9.17) is 5.14 Å². The van der Waals surface area contributed by atoms with Crippen molar-refractivity contribution in [2.75, 3.05) is 5.32 Å². The largest absolute Gasteiger partial charge is 0.321 e. The fourth-order valence-corrected chi connectivity index (χ4v) is 2.93. The lowest BCUT2D eigenvalue weighted by atomic mass is 10.0. The Morgan fingerprint density at radius 1 is 1.14 bits per heavy atom. The van der Waals surface area contributed by atoms with Gasteiger partial charge in [-0.3, -0.25) is 4.79 Å². The third-order valence-electron chi connectivity index (χ3n) is 3.59. The van der Waals surface area contributed by atoms with Crippen LogP contribution in [-0.4, -0.2) is 14.3 Å². The molecule has 1 heterocycles. The summed E-state index contributed by atoms with van der Waals surface area (Å²) >= 11 is 0. The number of fused-ring (bicyclic) bond motifs is 1. The third kappa shape index (κ3) is 2.54. The average Bonchev–Trinajstić information content (AvgIpc) is 2.76. The van der Waals surface area contributed by atoms with Gasteiger partial charge in [0.1, 0.15) is 0 Å². The molecule has 6 heteroatoms. The number of carbonyl (C=O) groups is 1. The zero-order chi connectivity index (χ0) is 15.9. The van der Waals surface area contributed by atoms with Crippen LogP contribution in [0.15, 0.2) is 47.4 Å². The lowest BCUT2D eigenvalue weighted by Crippen LogP contribution is -2.12. The van der Waals surface area contributed by atoms with Gasteiger partial charge in [0.2, 0.25) is 10.0 Å². The maximum atomic E-state index is 12.1. The summed E-state index contributed by atoms with van der Waals surface area (Å²) in [7, 11) is -3.81. The van der Waals surface area contributed by atoms with Gasteiger partial charge in [0.25, 0.3) is 5.91 Å². The van der Waals surface area contributed by atoms with Crippen molar-refractivity contribution >= 4 is 33.3 Å². The highest BCUT2D eigenvalue weighted by Gasteiger charge is 2.25. The van der Waals surface area contributed by atoms with E-state index >= 15 is 0 Å². The van der Waals surface area contributed by atoms with Crippen LogP contribution in [0.5, 0.6) is 0 Å². The molecule has 0 unspecified atom stereocenters. The van der Waals surface area contributed by atoms with Crippen LogP contribution >= 0.6 is 0 Å². The van der Waals surface area contributed by atoms with Crippen LogP contribution < -0.4 is 10.5 Å². The molecule has 1 amide bonds. The van der Waals surface area contributed by atoms with E-state index in [-0.39, 0.29) is 10.8 Å². The van der Waals surface area contributed by atoms with Gasteiger partial charge >= 0.3 is 0 Å². The van der Waals surface area contributed by atoms with Gasteiger partial charge in [-0.25, -0.2) is 13.6 Å². The standard InChI is InChI=1S/C16H14N2O3S/c1-10-4-2-3-5-11(10)8-14-13-9-12(22(17,20)21)6-7-15(13)18-16(14)19/h2-9H,1H3,(H,18,19)(H2,17,20,21). The first-order valence-electron chi connectivity index (χ1n) is 6.62. The van der Waals surface area contributed by atoms with Crippen LogP contribution in [-0.2, 0) is 14.8 Å². The Morgan fingerprint density at radius 2 is 1.86 bits per heavy atom. The minimum atomic E-state index is -3.81. The molecule has 3 rings (SSSR count). The van der Waals surface area contributed by atoms with Crippen molar-refractivity contribution in [3.8, 4) is 0 Å². The Morgan fingerprint density at radius 3 is 2.55 bits per heavy atom. The Bertz CT molecular complexity index is 915. The number of anilines is 1. The van der Waals surface area contributed by atoms with Crippen LogP contribution in [0.1, 0.15) is 16.7 Å². The Hall–Kier alpha value is -2.44. The van der Waals surface area contributed by atoms with Gasteiger partial charge in [-0.05, 0) is 42.3 Å². The molecule has 0 spiro atoms. The first-order chi connectivity index (χ1) is 10.4. The van der Waals surface area contributed by atoms with E-state index in [1.165, 1.54) is 12.1 Å². The van der Waals surface area contributed by atoms with E-state index in [2.05, 4.69) is 5.32 Å². The van der Waals surface area contributed by atoms with Gasteiger partial charge in [0, 0.05) is 16.8 Å². The predicted molar refractivity (Wildman–Crippen MR) is 85.5 cm³/mol. The van der Waals surface area contributed by atoms with E-state index in [1.807, 2.05) is 31.2 Å². The quantitative estimate of drug-likeness (QED) is 0.832. The number of benzene rings is 2. The topological polar surface area (TPSA) is 89.3 Å². The number of hydrogen-bond acceptors (Lipinski definition) is 3. The van der Waals surface area contributed by atoms with E-state index in [1.54, 1.807) is 12.1 Å². The zero-order valence-electron chi connectivity index (χ0n) is 11.8. The number of hydrogen-bond donors (Lipinski definition) is 2. The number of aryl methyl sites for hydroxylation is 1. The lowest BCUT2D eigenvalue weighted by molar-refractivity contribution is -0.110. The second kappa shape index (κ2) is 5.08. The van der Waals surface area contributed by atoms with E-state index in [0.29, 0.717) is 16.8 Å². The zero-order valence-corrected chi connectivity index (χ0v) is 12.6. The van der Waals surface area contributed by atoms with Crippen molar-refractivity contribution in [3.63, 3.8) is 0 Å². The molecule has 0 bridgehead atoms. The first-order valence-corrected chi connectivity index (χ1v) is 8.17. The molecule has 0 aromatic heterocycles. The highest BCUT2D eigenvalue weighted by molar-refractivity contribution is 7.89. The van der Waals surface area contributed by atoms with Gasteiger partial charge in [-0.15, -0.1) is 0 Å². The molecule has 0 saturated carbocycles.